The van der Waals surface area contributed by atoms with Gasteiger partial charge in [0.1, 0.15) is 0 Å². The van der Waals surface area contributed by atoms with Gasteiger partial charge in [0.25, 0.3) is 0 Å². The number of nitrogens with zero attached hydrogens (tertiary/aromatic N) is 1. The highest BCUT2D eigenvalue weighted by atomic mass is 35.5. The van der Waals surface area contributed by atoms with Crippen LogP contribution in [0.5, 0.6) is 0 Å². The number of halogens is 1. The lowest BCUT2D eigenvalue weighted by Crippen LogP contribution is -2.33. The third-order valence-electron chi connectivity index (χ3n) is 3.41. The second-order valence-corrected chi connectivity index (χ2v) is 5.50. The zero-order chi connectivity index (χ0) is 14.5. The van der Waals surface area contributed by atoms with Crippen molar-refractivity contribution < 1.29 is 4.79 Å². The molecule has 1 aromatic carbocycles. The van der Waals surface area contributed by atoms with Crippen LogP contribution in [0.2, 0.25) is 5.02 Å². The number of aromatic amines is 1. The minimum atomic E-state index is 0.189. The van der Waals surface area contributed by atoms with Gasteiger partial charge in [-0.1, -0.05) is 25.4 Å². The summed E-state index contributed by atoms with van der Waals surface area (Å²) >= 11 is 6.04. The van der Waals surface area contributed by atoms with E-state index in [2.05, 4.69) is 18.8 Å². The average molecular weight is 293 g/mol. The summed E-state index contributed by atoms with van der Waals surface area (Å²) in [6.07, 6.45) is 4.33. The molecule has 2 aromatic rings. The van der Waals surface area contributed by atoms with Gasteiger partial charge in [0.2, 0.25) is 5.91 Å². The molecule has 0 atom stereocenters. The number of hydrogen-bond donors (Lipinski definition) is 1. The van der Waals surface area contributed by atoms with Crippen molar-refractivity contribution in [3.8, 4) is 0 Å². The molecule has 108 valence electrons. The zero-order valence-corrected chi connectivity index (χ0v) is 12.8. The first-order valence-corrected chi connectivity index (χ1v) is 7.56. The summed E-state index contributed by atoms with van der Waals surface area (Å²) < 4.78 is 0. The number of carbonyl (C=O) groups is 1. The summed E-state index contributed by atoms with van der Waals surface area (Å²) in [6.45, 7) is 5.86. The highest BCUT2D eigenvalue weighted by Gasteiger charge is 2.14. The molecule has 0 bridgehead atoms. The molecule has 2 rings (SSSR count). The largest absolute Gasteiger partial charge is 0.361 e. The van der Waals surface area contributed by atoms with Gasteiger partial charge in [0.05, 0.1) is 6.42 Å². The van der Waals surface area contributed by atoms with Gasteiger partial charge in [-0.2, -0.15) is 0 Å². The fourth-order valence-corrected chi connectivity index (χ4v) is 2.64. The van der Waals surface area contributed by atoms with Gasteiger partial charge in [-0.05, 0) is 36.6 Å². The molecule has 1 heterocycles. The molecule has 0 saturated heterocycles. The molecule has 0 fully saturated rings. The Labute approximate surface area is 124 Å². The van der Waals surface area contributed by atoms with Crippen molar-refractivity contribution >= 4 is 28.4 Å². The molecule has 3 nitrogen and oxygen atoms in total. The Bertz CT molecular complexity index is 585. The van der Waals surface area contributed by atoms with Crippen LogP contribution in [-0.2, 0) is 11.2 Å². The molecule has 1 amide bonds. The second kappa shape index (κ2) is 6.80. The first kappa shape index (κ1) is 14.9. The number of amides is 1. The number of aromatic nitrogens is 1. The van der Waals surface area contributed by atoms with Crippen LogP contribution in [0, 0.1) is 0 Å². The summed E-state index contributed by atoms with van der Waals surface area (Å²) in [5.41, 5.74) is 2.04. The number of hydrogen-bond acceptors (Lipinski definition) is 1. The van der Waals surface area contributed by atoms with E-state index in [1.165, 1.54) is 0 Å². The summed E-state index contributed by atoms with van der Waals surface area (Å²) in [4.78, 5) is 17.5. The van der Waals surface area contributed by atoms with Crippen LogP contribution in [-0.4, -0.2) is 28.9 Å². The third-order valence-corrected chi connectivity index (χ3v) is 3.65. The number of rotatable bonds is 6. The normalized spacial score (nSPS) is 10.9. The molecule has 0 aliphatic carbocycles. The highest BCUT2D eigenvalue weighted by Crippen LogP contribution is 2.23. The molecule has 0 radical (unpaired) electrons. The summed E-state index contributed by atoms with van der Waals surface area (Å²) in [7, 11) is 0. The van der Waals surface area contributed by atoms with Crippen molar-refractivity contribution in [1.82, 2.24) is 9.88 Å². The van der Waals surface area contributed by atoms with Gasteiger partial charge >= 0.3 is 0 Å². The van der Waals surface area contributed by atoms with Gasteiger partial charge < -0.3 is 9.88 Å². The van der Waals surface area contributed by atoms with Crippen LogP contribution in [0.1, 0.15) is 32.3 Å². The topological polar surface area (TPSA) is 36.1 Å². The Kier molecular flexibility index (Phi) is 5.07. The van der Waals surface area contributed by atoms with Crippen molar-refractivity contribution in [2.45, 2.75) is 33.1 Å². The average Bonchev–Trinajstić information content (AvgIpc) is 2.81. The van der Waals surface area contributed by atoms with Gasteiger partial charge in [0.15, 0.2) is 0 Å². The smallest absolute Gasteiger partial charge is 0.227 e. The van der Waals surface area contributed by atoms with E-state index < -0.39 is 0 Å². The van der Waals surface area contributed by atoms with Gasteiger partial charge in [0, 0.05) is 35.2 Å². The third kappa shape index (κ3) is 3.34. The van der Waals surface area contributed by atoms with E-state index in [1.54, 1.807) is 0 Å². The fourth-order valence-electron chi connectivity index (χ4n) is 2.47. The van der Waals surface area contributed by atoms with Gasteiger partial charge in [-0.15, -0.1) is 0 Å². The molecular weight excluding hydrogens is 272 g/mol. The molecular formula is C16H21ClN2O. The lowest BCUT2D eigenvalue weighted by molar-refractivity contribution is -0.130. The Morgan fingerprint density at radius 1 is 1.25 bits per heavy atom. The fraction of sp³-hybridized carbons (Fsp3) is 0.438. The molecule has 4 heteroatoms. The first-order chi connectivity index (χ1) is 9.65. The van der Waals surface area contributed by atoms with Crippen molar-refractivity contribution in [3.05, 3.63) is 35.0 Å². The number of carbonyl (C=O) groups excluding carboxylic acids is 1. The molecule has 0 saturated carbocycles. The van der Waals surface area contributed by atoms with Crippen LogP contribution < -0.4 is 0 Å². The van der Waals surface area contributed by atoms with Gasteiger partial charge in [-0.3, -0.25) is 4.79 Å². The Morgan fingerprint density at radius 3 is 2.60 bits per heavy atom. The molecule has 0 aliphatic rings. The molecule has 1 aromatic heterocycles. The molecule has 0 aliphatic heterocycles. The van der Waals surface area contributed by atoms with E-state index in [-0.39, 0.29) is 5.91 Å². The van der Waals surface area contributed by atoms with Crippen LogP contribution in [0.4, 0.5) is 0 Å². The lowest BCUT2D eigenvalue weighted by Gasteiger charge is -2.21. The second-order valence-electron chi connectivity index (χ2n) is 5.06. The highest BCUT2D eigenvalue weighted by molar-refractivity contribution is 6.31. The van der Waals surface area contributed by atoms with E-state index in [4.69, 9.17) is 11.6 Å². The van der Waals surface area contributed by atoms with Crippen molar-refractivity contribution in [2.75, 3.05) is 13.1 Å². The lowest BCUT2D eigenvalue weighted by atomic mass is 10.1. The molecule has 20 heavy (non-hydrogen) atoms. The minimum absolute atomic E-state index is 0.189. The van der Waals surface area contributed by atoms with Crippen LogP contribution in [0.15, 0.2) is 24.4 Å². The maximum absolute atomic E-state index is 12.4. The van der Waals surface area contributed by atoms with Gasteiger partial charge in [-0.25, -0.2) is 0 Å². The number of benzene rings is 1. The quantitative estimate of drug-likeness (QED) is 0.858. The first-order valence-electron chi connectivity index (χ1n) is 7.19. The zero-order valence-electron chi connectivity index (χ0n) is 12.1. The summed E-state index contributed by atoms with van der Waals surface area (Å²) in [5, 5.41) is 1.74. The number of nitrogens with one attached hydrogen (secondary N) is 1. The van der Waals surface area contributed by atoms with Crippen LogP contribution in [0.25, 0.3) is 10.9 Å². The predicted molar refractivity (Wildman–Crippen MR) is 84.2 cm³/mol. The van der Waals surface area contributed by atoms with Crippen LogP contribution >= 0.6 is 11.6 Å². The van der Waals surface area contributed by atoms with Crippen molar-refractivity contribution in [3.63, 3.8) is 0 Å². The minimum Gasteiger partial charge on any atom is -0.361 e. The van der Waals surface area contributed by atoms with Crippen LogP contribution in [0.3, 0.4) is 0 Å². The van der Waals surface area contributed by atoms with Crippen molar-refractivity contribution in [2.24, 2.45) is 0 Å². The SMILES string of the molecule is CCCN(CCC)C(=O)Cc1c[nH]c2ccc(Cl)cc12. The summed E-state index contributed by atoms with van der Waals surface area (Å²) in [6, 6.07) is 5.72. The summed E-state index contributed by atoms with van der Waals surface area (Å²) in [5.74, 6) is 0.189. The van der Waals surface area contributed by atoms with E-state index >= 15 is 0 Å². The Balaban J connectivity index is 2.18. The van der Waals surface area contributed by atoms with E-state index in [1.807, 2.05) is 29.3 Å². The molecule has 1 N–H and O–H groups in total. The molecule has 0 unspecified atom stereocenters. The Hall–Kier alpha value is -1.48. The van der Waals surface area contributed by atoms with E-state index in [0.29, 0.717) is 11.4 Å². The number of H-pyrrole nitrogens is 1. The monoisotopic (exact) mass is 292 g/mol. The number of fused-ring (bicyclic) bond motifs is 1. The van der Waals surface area contributed by atoms with Crippen molar-refractivity contribution in [1.29, 1.82) is 0 Å². The van der Waals surface area contributed by atoms with E-state index in [9.17, 15) is 4.79 Å². The predicted octanol–water partition coefficient (Wildman–Crippen LogP) is 4.01. The Morgan fingerprint density at radius 2 is 1.95 bits per heavy atom. The standard InChI is InChI=1S/C16H21ClN2O/c1-3-7-19(8-4-2)16(20)9-12-11-18-15-6-5-13(17)10-14(12)15/h5-6,10-11,18H,3-4,7-9H2,1-2H3. The molecule has 0 spiro atoms. The maximum Gasteiger partial charge on any atom is 0.227 e. The maximum atomic E-state index is 12.4. The van der Waals surface area contributed by atoms with E-state index in [0.717, 1.165) is 42.4 Å².